The number of rotatable bonds is 4. The Balaban J connectivity index is 0.929. The van der Waals surface area contributed by atoms with Crippen molar-refractivity contribution in [3.05, 3.63) is 182 Å². The van der Waals surface area contributed by atoms with E-state index in [-0.39, 0.29) is 6.92 Å². The number of fused-ring (bicyclic) bond motifs is 7. The zero-order valence-corrected chi connectivity index (χ0v) is 28.2. The van der Waals surface area contributed by atoms with E-state index in [0.29, 0.717) is 0 Å². The predicted molar refractivity (Wildman–Crippen MR) is 215 cm³/mol. The van der Waals surface area contributed by atoms with E-state index in [9.17, 15) is 0 Å². The van der Waals surface area contributed by atoms with Crippen molar-refractivity contribution in [2.75, 3.05) is 0 Å². The molecule has 11 rings (SSSR count). The standard InChI is InChI=1S/C48H30BNO2/c1-2-10-31(11-3-1)33-12-8-13-34(28-33)35-23-27-45-41(29-35)40-16-9-19-46-48(40)49(52-45)42-26-22-36(30-47(42)51-46)32-20-24-37(25-21-32)50-43-17-6-4-14-38(43)39-15-5-7-18-44(39)50/h1-30H. The first-order chi connectivity index (χ1) is 25.8. The number of hydrogen-bond donors (Lipinski definition) is 0. The molecule has 3 heterocycles. The monoisotopic (exact) mass is 663 g/mol. The largest absolute Gasteiger partial charge is 0.551 e. The third kappa shape index (κ3) is 4.48. The van der Waals surface area contributed by atoms with Crippen molar-refractivity contribution in [1.82, 2.24) is 4.57 Å². The summed E-state index contributed by atoms with van der Waals surface area (Å²) in [7, 11) is 0. The molecule has 3 nitrogen and oxygen atoms in total. The van der Waals surface area contributed by atoms with Crippen LogP contribution in [0.4, 0.5) is 0 Å². The number of aromatic nitrogens is 1. The lowest BCUT2D eigenvalue weighted by Gasteiger charge is -2.33. The second kappa shape index (κ2) is 11.4. The Hall–Kier alpha value is -6.78. The topological polar surface area (TPSA) is 23.4 Å². The van der Waals surface area contributed by atoms with Gasteiger partial charge in [-0.05, 0) is 93.5 Å². The van der Waals surface area contributed by atoms with E-state index in [1.54, 1.807) is 0 Å². The zero-order chi connectivity index (χ0) is 34.2. The molecular weight excluding hydrogens is 633 g/mol. The van der Waals surface area contributed by atoms with Gasteiger partial charge in [0.2, 0.25) is 0 Å². The van der Waals surface area contributed by atoms with Crippen LogP contribution in [0.1, 0.15) is 0 Å². The van der Waals surface area contributed by atoms with Gasteiger partial charge in [0.05, 0.1) is 11.0 Å². The summed E-state index contributed by atoms with van der Waals surface area (Å²) < 4.78 is 15.9. The lowest BCUT2D eigenvalue weighted by Crippen LogP contribution is -2.53. The van der Waals surface area contributed by atoms with Gasteiger partial charge in [0.1, 0.15) is 17.2 Å². The van der Waals surface area contributed by atoms with E-state index in [1.807, 2.05) is 0 Å². The zero-order valence-electron chi connectivity index (χ0n) is 28.2. The summed E-state index contributed by atoms with van der Waals surface area (Å²) >= 11 is 0. The Morgan fingerprint density at radius 1 is 0.385 bits per heavy atom. The molecule has 52 heavy (non-hydrogen) atoms. The summed E-state index contributed by atoms with van der Waals surface area (Å²) in [6, 6.07) is 64.7. The van der Waals surface area contributed by atoms with Gasteiger partial charge in [-0.1, -0.05) is 127 Å². The van der Waals surface area contributed by atoms with Crippen molar-refractivity contribution in [2.45, 2.75) is 0 Å². The third-order valence-electron chi connectivity index (χ3n) is 10.7. The number of ether oxygens (including phenoxy) is 1. The minimum Gasteiger partial charge on any atom is -0.551 e. The first kappa shape index (κ1) is 29.0. The third-order valence-corrected chi connectivity index (χ3v) is 10.7. The fraction of sp³-hybridized carbons (Fsp3) is 0. The molecule has 0 saturated carbocycles. The molecule has 4 heteroatoms. The highest BCUT2D eigenvalue weighted by Gasteiger charge is 2.40. The molecule has 0 radical (unpaired) electrons. The van der Waals surface area contributed by atoms with Crippen LogP contribution < -0.4 is 20.3 Å². The Kier molecular flexibility index (Phi) is 6.35. The molecule has 0 fully saturated rings. The SMILES string of the molecule is c1ccc(-c2cccc(-c3ccc4c(c3)-c3cccc5c3B(O4)c3ccc(-c4ccc(-n6c7ccccc7c7ccccc76)cc4)cc3O5)c2)cc1. The molecule has 0 amide bonds. The molecule has 242 valence electrons. The molecule has 2 aliphatic rings. The number of hydrogen-bond acceptors (Lipinski definition) is 2. The van der Waals surface area contributed by atoms with Gasteiger partial charge in [-0.2, -0.15) is 0 Å². The highest BCUT2D eigenvalue weighted by Crippen LogP contribution is 2.42. The first-order valence-electron chi connectivity index (χ1n) is 17.8. The number of para-hydroxylation sites is 2. The number of nitrogens with zero attached hydrogens (tertiary/aromatic N) is 1. The molecule has 0 atom stereocenters. The van der Waals surface area contributed by atoms with Crippen molar-refractivity contribution in [3.63, 3.8) is 0 Å². The first-order valence-corrected chi connectivity index (χ1v) is 17.8. The average molecular weight is 664 g/mol. The molecule has 0 spiro atoms. The van der Waals surface area contributed by atoms with E-state index in [0.717, 1.165) is 61.7 Å². The Morgan fingerprint density at radius 3 is 1.77 bits per heavy atom. The maximum atomic E-state index is 6.84. The van der Waals surface area contributed by atoms with Crippen LogP contribution in [-0.2, 0) is 0 Å². The Morgan fingerprint density at radius 2 is 0.981 bits per heavy atom. The predicted octanol–water partition coefficient (Wildman–Crippen LogP) is 11.1. The summed E-state index contributed by atoms with van der Waals surface area (Å²) in [6.45, 7) is -0.249. The quantitative estimate of drug-likeness (QED) is 0.175. The second-order valence-electron chi connectivity index (χ2n) is 13.6. The lowest BCUT2D eigenvalue weighted by atomic mass is 9.51. The molecule has 1 aromatic heterocycles. The van der Waals surface area contributed by atoms with E-state index < -0.39 is 0 Å². The van der Waals surface area contributed by atoms with Crippen molar-refractivity contribution < 1.29 is 9.39 Å². The van der Waals surface area contributed by atoms with E-state index in [2.05, 4.69) is 187 Å². The smallest absolute Gasteiger partial charge is 0.434 e. The normalized spacial score (nSPS) is 12.5. The summed E-state index contributed by atoms with van der Waals surface area (Å²) in [5, 5.41) is 2.53. The fourth-order valence-corrected chi connectivity index (χ4v) is 8.22. The lowest BCUT2D eigenvalue weighted by molar-refractivity contribution is 0.479. The molecule has 0 aliphatic carbocycles. The molecule has 8 aromatic carbocycles. The van der Waals surface area contributed by atoms with Crippen LogP contribution in [0.15, 0.2) is 182 Å². The van der Waals surface area contributed by atoms with Crippen LogP contribution in [0.2, 0.25) is 0 Å². The molecule has 0 N–H and O–H groups in total. The molecule has 2 aliphatic heterocycles. The van der Waals surface area contributed by atoms with Crippen LogP contribution in [0.5, 0.6) is 17.2 Å². The van der Waals surface area contributed by atoms with Gasteiger partial charge in [0.15, 0.2) is 0 Å². The van der Waals surface area contributed by atoms with Gasteiger partial charge < -0.3 is 14.0 Å². The highest BCUT2D eigenvalue weighted by atomic mass is 16.5. The van der Waals surface area contributed by atoms with Crippen molar-refractivity contribution in [2.24, 2.45) is 0 Å². The average Bonchev–Trinajstić information content (AvgIpc) is 3.55. The molecule has 0 saturated heterocycles. The maximum Gasteiger partial charge on any atom is 0.434 e. The van der Waals surface area contributed by atoms with E-state index >= 15 is 0 Å². The van der Waals surface area contributed by atoms with Crippen molar-refractivity contribution in [1.29, 1.82) is 0 Å². The van der Waals surface area contributed by atoms with Crippen LogP contribution in [0, 0.1) is 0 Å². The number of benzene rings is 8. The van der Waals surface area contributed by atoms with Crippen LogP contribution in [-0.4, -0.2) is 11.5 Å². The van der Waals surface area contributed by atoms with Gasteiger partial charge in [-0.25, -0.2) is 0 Å². The summed E-state index contributed by atoms with van der Waals surface area (Å²) in [4.78, 5) is 0. The summed E-state index contributed by atoms with van der Waals surface area (Å²) in [6.07, 6.45) is 0. The minimum absolute atomic E-state index is 0.249. The molecule has 0 unspecified atom stereocenters. The molecular formula is C48H30BNO2. The van der Waals surface area contributed by atoms with Crippen LogP contribution in [0.25, 0.3) is 72.0 Å². The fourth-order valence-electron chi connectivity index (χ4n) is 8.22. The summed E-state index contributed by atoms with van der Waals surface area (Å²) in [5.74, 6) is 2.56. The minimum atomic E-state index is -0.249. The molecule has 9 aromatic rings. The molecule has 0 bridgehead atoms. The van der Waals surface area contributed by atoms with Gasteiger partial charge in [-0.15, -0.1) is 0 Å². The van der Waals surface area contributed by atoms with Gasteiger partial charge in [-0.3, -0.25) is 0 Å². The highest BCUT2D eigenvalue weighted by molar-refractivity contribution is 6.84. The second-order valence-corrected chi connectivity index (χ2v) is 13.6. The Labute approximate surface area is 302 Å². The van der Waals surface area contributed by atoms with Crippen LogP contribution in [0.3, 0.4) is 0 Å². The Bertz CT molecular complexity index is 2800. The van der Waals surface area contributed by atoms with E-state index in [4.69, 9.17) is 9.39 Å². The van der Waals surface area contributed by atoms with E-state index in [1.165, 1.54) is 38.5 Å². The summed E-state index contributed by atoms with van der Waals surface area (Å²) in [5.41, 5.74) is 14.9. The van der Waals surface area contributed by atoms with Crippen molar-refractivity contribution in [3.8, 4) is 67.4 Å². The van der Waals surface area contributed by atoms with Crippen molar-refractivity contribution >= 4 is 39.6 Å². The van der Waals surface area contributed by atoms with Gasteiger partial charge in [0, 0.05) is 32.9 Å². The van der Waals surface area contributed by atoms with Crippen LogP contribution >= 0.6 is 0 Å². The van der Waals surface area contributed by atoms with Gasteiger partial charge >= 0.3 is 6.92 Å². The van der Waals surface area contributed by atoms with Gasteiger partial charge in [0.25, 0.3) is 0 Å². The maximum absolute atomic E-state index is 6.84.